The average Bonchev–Trinajstić information content (AvgIpc) is 3.24. The molecule has 0 fully saturated rings. The van der Waals surface area contributed by atoms with Crippen molar-refractivity contribution in [1.82, 2.24) is 9.97 Å². The molecule has 0 aliphatic rings. The molecule has 4 aromatic rings. The Bertz CT molecular complexity index is 1270. The van der Waals surface area contributed by atoms with Gasteiger partial charge < -0.3 is 9.47 Å². The van der Waals surface area contributed by atoms with E-state index in [2.05, 4.69) is 11.1 Å². The molecule has 0 atom stereocenters. The minimum atomic E-state index is -0.167. The number of anilines is 1. The standard InChI is InChI=1S/C25H23N3O3S/c1-17-6-9-20-23(13-17)32-25(27-20)28(16-19-5-4-12-26-15-19)24(29)11-8-18-7-10-21(30-2)22(14-18)31-3/h4-15H,16H2,1-3H3/b11-8+. The Morgan fingerprint density at radius 3 is 2.69 bits per heavy atom. The summed E-state index contributed by atoms with van der Waals surface area (Å²) in [5, 5.41) is 0.649. The molecule has 0 aliphatic carbocycles. The van der Waals surface area contributed by atoms with Gasteiger partial charge in [-0.3, -0.25) is 14.7 Å². The van der Waals surface area contributed by atoms with Crippen LogP contribution >= 0.6 is 11.3 Å². The van der Waals surface area contributed by atoms with Crippen LogP contribution in [0.3, 0.4) is 0 Å². The van der Waals surface area contributed by atoms with Gasteiger partial charge in [-0.1, -0.05) is 29.5 Å². The van der Waals surface area contributed by atoms with E-state index in [4.69, 9.17) is 14.5 Å². The molecule has 1 amide bonds. The molecule has 0 radical (unpaired) electrons. The first-order valence-electron chi connectivity index (χ1n) is 10.0. The summed E-state index contributed by atoms with van der Waals surface area (Å²) >= 11 is 1.50. The van der Waals surface area contributed by atoms with E-state index in [1.165, 1.54) is 11.3 Å². The number of methoxy groups -OCH3 is 2. The van der Waals surface area contributed by atoms with Gasteiger partial charge in [0.15, 0.2) is 16.6 Å². The lowest BCUT2D eigenvalue weighted by Gasteiger charge is -2.18. The molecule has 7 heteroatoms. The number of fused-ring (bicyclic) bond motifs is 1. The highest BCUT2D eigenvalue weighted by atomic mass is 32.1. The van der Waals surface area contributed by atoms with Crippen LogP contribution in [-0.2, 0) is 11.3 Å². The van der Waals surface area contributed by atoms with Crippen LogP contribution in [0.5, 0.6) is 11.5 Å². The molecule has 162 valence electrons. The largest absolute Gasteiger partial charge is 0.493 e. The van der Waals surface area contributed by atoms with Gasteiger partial charge in [0.05, 0.1) is 31.0 Å². The zero-order valence-electron chi connectivity index (χ0n) is 18.1. The van der Waals surface area contributed by atoms with Gasteiger partial charge in [-0.15, -0.1) is 0 Å². The number of hydrogen-bond donors (Lipinski definition) is 0. The van der Waals surface area contributed by atoms with E-state index in [0.717, 1.165) is 26.9 Å². The molecule has 0 N–H and O–H groups in total. The molecule has 0 aliphatic heterocycles. The molecule has 6 nitrogen and oxygen atoms in total. The minimum Gasteiger partial charge on any atom is -0.493 e. The molecule has 2 aromatic carbocycles. The lowest BCUT2D eigenvalue weighted by atomic mass is 10.2. The number of hydrogen-bond acceptors (Lipinski definition) is 6. The van der Waals surface area contributed by atoms with Gasteiger partial charge in [0.2, 0.25) is 0 Å². The first kappa shape index (κ1) is 21.5. The second kappa shape index (κ2) is 9.62. The number of amides is 1. The summed E-state index contributed by atoms with van der Waals surface area (Å²) in [4.78, 5) is 23.8. The Balaban J connectivity index is 1.65. The second-order valence-electron chi connectivity index (χ2n) is 7.20. The predicted octanol–water partition coefficient (Wildman–Crippen LogP) is 5.26. The first-order valence-corrected chi connectivity index (χ1v) is 10.9. The number of pyridine rings is 1. The van der Waals surface area contributed by atoms with Crippen molar-refractivity contribution in [3.05, 3.63) is 83.7 Å². The minimum absolute atomic E-state index is 0.167. The smallest absolute Gasteiger partial charge is 0.253 e. The summed E-state index contributed by atoms with van der Waals surface area (Å²) in [5.41, 5.74) is 3.79. The Labute approximate surface area is 190 Å². The highest BCUT2D eigenvalue weighted by molar-refractivity contribution is 7.22. The van der Waals surface area contributed by atoms with Crippen molar-refractivity contribution < 1.29 is 14.3 Å². The molecule has 2 aromatic heterocycles. The van der Waals surface area contributed by atoms with E-state index >= 15 is 0 Å². The number of thiazole rings is 1. The van der Waals surface area contributed by atoms with Crippen LogP contribution < -0.4 is 14.4 Å². The van der Waals surface area contributed by atoms with Gasteiger partial charge in [-0.05, 0) is 60.0 Å². The molecule has 0 saturated carbocycles. The third kappa shape index (κ3) is 4.78. The van der Waals surface area contributed by atoms with Crippen LogP contribution in [0.1, 0.15) is 16.7 Å². The number of rotatable bonds is 7. The van der Waals surface area contributed by atoms with Crippen molar-refractivity contribution in [3.8, 4) is 11.5 Å². The maximum absolute atomic E-state index is 13.3. The Hall–Kier alpha value is -3.71. The van der Waals surface area contributed by atoms with Gasteiger partial charge in [0.25, 0.3) is 5.91 Å². The van der Waals surface area contributed by atoms with Gasteiger partial charge in [-0.2, -0.15) is 0 Å². The highest BCUT2D eigenvalue weighted by Crippen LogP contribution is 2.31. The molecule has 0 saturated heterocycles. The fourth-order valence-electron chi connectivity index (χ4n) is 3.26. The van der Waals surface area contributed by atoms with Crippen LogP contribution in [0.2, 0.25) is 0 Å². The number of benzene rings is 2. The summed E-state index contributed by atoms with van der Waals surface area (Å²) in [6, 6.07) is 15.4. The lowest BCUT2D eigenvalue weighted by molar-refractivity contribution is -0.114. The number of ether oxygens (including phenoxy) is 2. The molecule has 0 spiro atoms. The summed E-state index contributed by atoms with van der Waals surface area (Å²) in [5.74, 6) is 1.08. The number of carbonyl (C=O) groups excluding carboxylic acids is 1. The van der Waals surface area contributed by atoms with E-state index in [9.17, 15) is 4.79 Å². The van der Waals surface area contributed by atoms with Gasteiger partial charge in [0.1, 0.15) is 0 Å². The summed E-state index contributed by atoms with van der Waals surface area (Å²) in [6.45, 7) is 2.42. The van der Waals surface area contributed by atoms with Crippen LogP contribution in [0.15, 0.2) is 67.0 Å². The van der Waals surface area contributed by atoms with Crippen LogP contribution in [-0.4, -0.2) is 30.1 Å². The average molecular weight is 446 g/mol. The fourth-order valence-corrected chi connectivity index (χ4v) is 4.33. The maximum Gasteiger partial charge on any atom is 0.253 e. The molecule has 2 heterocycles. The summed E-state index contributed by atoms with van der Waals surface area (Å²) in [7, 11) is 3.17. The second-order valence-corrected chi connectivity index (χ2v) is 8.21. The van der Waals surface area contributed by atoms with E-state index in [1.807, 2.05) is 49.4 Å². The van der Waals surface area contributed by atoms with Crippen molar-refractivity contribution in [2.75, 3.05) is 19.1 Å². The van der Waals surface area contributed by atoms with E-state index in [-0.39, 0.29) is 5.91 Å². The van der Waals surface area contributed by atoms with E-state index in [0.29, 0.717) is 23.2 Å². The van der Waals surface area contributed by atoms with Crippen molar-refractivity contribution >= 4 is 38.7 Å². The number of carbonyl (C=O) groups is 1. The Morgan fingerprint density at radius 1 is 1.09 bits per heavy atom. The van der Waals surface area contributed by atoms with Crippen LogP contribution in [0.25, 0.3) is 16.3 Å². The Kier molecular flexibility index (Phi) is 6.47. The van der Waals surface area contributed by atoms with Crippen molar-refractivity contribution in [1.29, 1.82) is 0 Å². The van der Waals surface area contributed by atoms with Crippen LogP contribution in [0.4, 0.5) is 5.13 Å². The SMILES string of the molecule is COc1ccc(/C=C/C(=O)N(Cc2cccnc2)c2nc3ccc(C)cc3s2)cc1OC. The quantitative estimate of drug-likeness (QED) is 0.363. The molecule has 4 rings (SSSR count). The highest BCUT2D eigenvalue weighted by Gasteiger charge is 2.19. The van der Waals surface area contributed by atoms with Crippen molar-refractivity contribution in [2.45, 2.75) is 13.5 Å². The zero-order chi connectivity index (χ0) is 22.5. The monoisotopic (exact) mass is 445 g/mol. The van der Waals surface area contributed by atoms with Crippen molar-refractivity contribution in [3.63, 3.8) is 0 Å². The predicted molar refractivity (Wildman–Crippen MR) is 128 cm³/mol. The molecule has 0 unspecified atom stereocenters. The number of nitrogens with zero attached hydrogens (tertiary/aromatic N) is 3. The lowest BCUT2D eigenvalue weighted by Crippen LogP contribution is -2.28. The summed E-state index contributed by atoms with van der Waals surface area (Å²) in [6.07, 6.45) is 6.79. The van der Waals surface area contributed by atoms with Gasteiger partial charge in [-0.25, -0.2) is 4.98 Å². The van der Waals surface area contributed by atoms with E-state index < -0.39 is 0 Å². The number of aromatic nitrogens is 2. The third-order valence-electron chi connectivity index (χ3n) is 4.92. The molecular formula is C25H23N3O3S. The topological polar surface area (TPSA) is 64.5 Å². The number of aryl methyl sites for hydroxylation is 1. The van der Waals surface area contributed by atoms with Gasteiger partial charge in [0, 0.05) is 18.5 Å². The maximum atomic E-state index is 13.3. The molecule has 32 heavy (non-hydrogen) atoms. The normalized spacial score (nSPS) is 11.1. The molecular weight excluding hydrogens is 422 g/mol. The molecule has 0 bridgehead atoms. The Morgan fingerprint density at radius 2 is 1.94 bits per heavy atom. The first-order chi connectivity index (χ1) is 15.6. The van der Waals surface area contributed by atoms with Crippen LogP contribution in [0, 0.1) is 6.92 Å². The van der Waals surface area contributed by atoms with Crippen molar-refractivity contribution in [2.24, 2.45) is 0 Å². The zero-order valence-corrected chi connectivity index (χ0v) is 18.9. The van der Waals surface area contributed by atoms with E-state index in [1.54, 1.807) is 43.7 Å². The summed E-state index contributed by atoms with van der Waals surface area (Å²) < 4.78 is 11.7. The van der Waals surface area contributed by atoms with Gasteiger partial charge >= 0.3 is 0 Å². The third-order valence-corrected chi connectivity index (χ3v) is 5.96. The fraction of sp³-hybridized carbons (Fsp3) is 0.160.